The van der Waals surface area contributed by atoms with Crippen LogP contribution in [-0.4, -0.2) is 90.0 Å². The van der Waals surface area contributed by atoms with E-state index >= 15 is 0 Å². The van der Waals surface area contributed by atoms with Crippen molar-refractivity contribution in [2.24, 2.45) is 17.8 Å². The van der Waals surface area contributed by atoms with Gasteiger partial charge in [-0.15, -0.1) is 0 Å². The van der Waals surface area contributed by atoms with Crippen LogP contribution in [0.1, 0.15) is 97.1 Å². The van der Waals surface area contributed by atoms with Crippen molar-refractivity contribution in [1.29, 1.82) is 0 Å². The summed E-state index contributed by atoms with van der Waals surface area (Å²) in [5.74, 6) is -2.41. The molecular weight excluding hydrogens is 703 g/mol. The Hall–Kier alpha value is -4.03. The lowest BCUT2D eigenvalue weighted by atomic mass is 9.81. The molecule has 4 rings (SSSR count). The number of ether oxygens (including phenoxy) is 2. The SMILES string of the molecule is CCC(C)[C@H](NC(=O)[C@H](Cc1ccc(F)cc1)C[C@H](O)[C@H](CC1CCCCC1)NC(=O)OC(C)(C)C)C(=O)NC(Cc1ccccc1)C(=O)N1CCOCC1. The highest BCUT2D eigenvalue weighted by atomic mass is 19.1. The summed E-state index contributed by atoms with van der Waals surface area (Å²) in [6.45, 7) is 10.8. The molecule has 0 bridgehead atoms. The molecule has 304 valence electrons. The number of alkyl carbamates (subject to hydrolysis) is 1. The first-order valence-corrected chi connectivity index (χ1v) is 20.2. The molecule has 2 aromatic rings. The lowest BCUT2D eigenvalue weighted by molar-refractivity contribution is -0.141. The number of amides is 4. The van der Waals surface area contributed by atoms with E-state index in [-0.39, 0.29) is 31.1 Å². The van der Waals surface area contributed by atoms with Crippen LogP contribution >= 0.6 is 0 Å². The van der Waals surface area contributed by atoms with E-state index in [0.717, 1.165) is 37.7 Å². The summed E-state index contributed by atoms with van der Waals surface area (Å²) in [5.41, 5.74) is 0.823. The first kappa shape index (κ1) is 43.7. The van der Waals surface area contributed by atoms with Crippen molar-refractivity contribution in [3.05, 3.63) is 71.5 Å². The van der Waals surface area contributed by atoms with Crippen molar-refractivity contribution in [3.8, 4) is 0 Å². The van der Waals surface area contributed by atoms with Crippen LogP contribution in [-0.2, 0) is 36.7 Å². The highest BCUT2D eigenvalue weighted by Gasteiger charge is 2.36. The van der Waals surface area contributed by atoms with Gasteiger partial charge in [-0.25, -0.2) is 9.18 Å². The predicted octanol–water partition coefficient (Wildman–Crippen LogP) is 5.72. The molecule has 2 aliphatic rings. The Kier molecular flexibility index (Phi) is 16.9. The summed E-state index contributed by atoms with van der Waals surface area (Å²) in [5, 5.41) is 20.7. The molecule has 1 saturated heterocycles. The number of halogens is 1. The molecule has 2 aromatic carbocycles. The van der Waals surface area contributed by atoms with Crippen molar-refractivity contribution >= 4 is 23.8 Å². The number of hydrogen-bond acceptors (Lipinski definition) is 7. The van der Waals surface area contributed by atoms with Crippen LogP contribution in [0.25, 0.3) is 0 Å². The van der Waals surface area contributed by atoms with Gasteiger partial charge in [-0.2, -0.15) is 0 Å². The Labute approximate surface area is 326 Å². The Morgan fingerprint density at radius 1 is 0.891 bits per heavy atom. The van der Waals surface area contributed by atoms with Crippen molar-refractivity contribution in [2.75, 3.05) is 26.3 Å². The zero-order valence-corrected chi connectivity index (χ0v) is 33.4. The molecule has 2 unspecified atom stereocenters. The van der Waals surface area contributed by atoms with Crippen LogP contribution in [0, 0.1) is 23.6 Å². The Morgan fingerprint density at radius 2 is 1.53 bits per heavy atom. The van der Waals surface area contributed by atoms with Crippen molar-refractivity contribution in [3.63, 3.8) is 0 Å². The summed E-state index contributed by atoms with van der Waals surface area (Å²) in [6.07, 6.45) is 5.03. The van der Waals surface area contributed by atoms with Crippen LogP contribution in [0.2, 0.25) is 0 Å². The molecule has 1 saturated carbocycles. The third-order valence-electron chi connectivity index (χ3n) is 10.8. The molecule has 6 atom stereocenters. The van der Waals surface area contributed by atoms with Crippen LogP contribution < -0.4 is 16.0 Å². The summed E-state index contributed by atoms with van der Waals surface area (Å²) in [7, 11) is 0. The molecule has 1 aliphatic carbocycles. The Morgan fingerprint density at radius 3 is 2.15 bits per heavy atom. The van der Waals surface area contributed by atoms with E-state index in [1.807, 2.05) is 44.2 Å². The van der Waals surface area contributed by atoms with E-state index in [1.165, 1.54) is 12.1 Å². The number of aliphatic hydroxyl groups excluding tert-OH is 1. The number of benzene rings is 2. The highest BCUT2D eigenvalue weighted by molar-refractivity contribution is 5.93. The Balaban J connectivity index is 1.57. The maximum atomic E-state index is 14.4. The molecule has 4 amide bonds. The molecule has 12 heteroatoms. The molecule has 55 heavy (non-hydrogen) atoms. The fourth-order valence-corrected chi connectivity index (χ4v) is 7.49. The quantitative estimate of drug-likeness (QED) is 0.161. The van der Waals surface area contributed by atoms with Gasteiger partial charge in [0.25, 0.3) is 0 Å². The summed E-state index contributed by atoms with van der Waals surface area (Å²) < 4.78 is 24.9. The van der Waals surface area contributed by atoms with Gasteiger partial charge in [-0.1, -0.05) is 94.8 Å². The number of nitrogens with zero attached hydrogens (tertiary/aromatic N) is 1. The van der Waals surface area contributed by atoms with E-state index in [4.69, 9.17) is 9.47 Å². The molecule has 1 heterocycles. The second-order valence-electron chi connectivity index (χ2n) is 16.4. The van der Waals surface area contributed by atoms with Crippen molar-refractivity contribution < 1.29 is 38.1 Å². The van der Waals surface area contributed by atoms with Crippen molar-refractivity contribution in [2.45, 2.75) is 129 Å². The lowest BCUT2D eigenvalue weighted by Crippen LogP contribution is -2.58. The molecular formula is C43H63FN4O7. The summed E-state index contributed by atoms with van der Waals surface area (Å²) >= 11 is 0. The summed E-state index contributed by atoms with van der Waals surface area (Å²) in [4.78, 5) is 57.1. The average Bonchev–Trinajstić information content (AvgIpc) is 3.16. The maximum Gasteiger partial charge on any atom is 0.407 e. The predicted molar refractivity (Wildman–Crippen MR) is 209 cm³/mol. The van der Waals surface area contributed by atoms with Gasteiger partial charge >= 0.3 is 6.09 Å². The smallest absolute Gasteiger partial charge is 0.407 e. The normalized spacial score (nSPS) is 18.6. The largest absolute Gasteiger partial charge is 0.444 e. The van der Waals surface area contributed by atoms with Gasteiger partial charge in [0.05, 0.1) is 25.4 Å². The fraction of sp³-hybridized carbons (Fsp3) is 0.628. The monoisotopic (exact) mass is 766 g/mol. The van der Waals surface area contributed by atoms with Gasteiger partial charge in [-0.3, -0.25) is 14.4 Å². The van der Waals surface area contributed by atoms with Gasteiger partial charge in [0, 0.05) is 25.4 Å². The number of carbonyl (C=O) groups is 4. The van der Waals surface area contributed by atoms with Gasteiger partial charge in [0.1, 0.15) is 23.5 Å². The lowest BCUT2D eigenvalue weighted by Gasteiger charge is -2.33. The molecule has 2 fully saturated rings. The van der Waals surface area contributed by atoms with E-state index in [1.54, 1.807) is 37.8 Å². The first-order chi connectivity index (χ1) is 26.2. The molecule has 4 N–H and O–H groups in total. The van der Waals surface area contributed by atoms with Crippen LogP contribution in [0.3, 0.4) is 0 Å². The molecule has 1 aliphatic heterocycles. The van der Waals surface area contributed by atoms with E-state index in [9.17, 15) is 28.7 Å². The molecule has 0 aromatic heterocycles. The maximum absolute atomic E-state index is 14.4. The third kappa shape index (κ3) is 14.5. The van der Waals surface area contributed by atoms with Crippen LogP contribution in [0.5, 0.6) is 0 Å². The number of morpholine rings is 1. The number of carbonyl (C=O) groups excluding carboxylic acids is 4. The van der Waals surface area contributed by atoms with E-state index in [2.05, 4.69) is 16.0 Å². The van der Waals surface area contributed by atoms with E-state index < -0.39 is 59.5 Å². The van der Waals surface area contributed by atoms with Crippen LogP contribution in [0.4, 0.5) is 9.18 Å². The fourth-order valence-electron chi connectivity index (χ4n) is 7.49. The number of aliphatic hydroxyl groups is 1. The van der Waals surface area contributed by atoms with Gasteiger partial charge in [-0.05, 0) is 75.1 Å². The first-order valence-electron chi connectivity index (χ1n) is 20.2. The van der Waals surface area contributed by atoms with E-state index in [0.29, 0.717) is 50.6 Å². The second kappa shape index (κ2) is 21.3. The number of hydrogen-bond donors (Lipinski definition) is 4. The minimum atomic E-state index is -1.12. The highest BCUT2D eigenvalue weighted by Crippen LogP contribution is 2.30. The number of rotatable bonds is 17. The van der Waals surface area contributed by atoms with Gasteiger partial charge in [0.2, 0.25) is 17.7 Å². The van der Waals surface area contributed by atoms with Gasteiger partial charge < -0.3 is 35.4 Å². The molecule has 0 radical (unpaired) electrons. The van der Waals surface area contributed by atoms with Crippen LogP contribution in [0.15, 0.2) is 54.6 Å². The van der Waals surface area contributed by atoms with Crippen molar-refractivity contribution in [1.82, 2.24) is 20.9 Å². The molecule has 0 spiro atoms. The minimum Gasteiger partial charge on any atom is -0.444 e. The zero-order valence-electron chi connectivity index (χ0n) is 33.4. The average molecular weight is 767 g/mol. The number of nitrogens with one attached hydrogen (secondary N) is 3. The summed E-state index contributed by atoms with van der Waals surface area (Å²) in [6, 6.07) is 12.8. The van der Waals surface area contributed by atoms with Gasteiger partial charge in [0.15, 0.2) is 0 Å². The second-order valence-corrected chi connectivity index (χ2v) is 16.4. The third-order valence-corrected chi connectivity index (χ3v) is 10.8. The topological polar surface area (TPSA) is 146 Å². The minimum absolute atomic E-state index is 0.0304. The Bertz CT molecular complexity index is 1510. The standard InChI is InChI=1S/C43H63FN4O7/c1-6-29(2)38(40(51)45-36(27-31-15-11-8-12-16-31)41(52)48-21-23-54-24-22-48)47-39(50)33(25-32-17-19-34(44)20-18-32)28-37(49)35(26-30-13-9-7-10-14-30)46-42(53)55-43(3,4)5/h8,11-12,15-20,29-30,33,35-38,49H,6-7,9-10,13-14,21-28H2,1-5H3,(H,45,51)(H,46,53)(H,47,50)/t29?,33-,35+,36?,37+,38+/m1/s1. The molecule has 11 nitrogen and oxygen atoms in total. The zero-order chi connectivity index (χ0) is 40.0.